The molecule has 0 bridgehead atoms. The van der Waals surface area contributed by atoms with Crippen molar-refractivity contribution in [3.8, 4) is 0 Å². The highest BCUT2D eigenvalue weighted by atomic mass is 32.2. The molecule has 0 saturated heterocycles. The number of thioether (sulfide) groups is 1. The van der Waals surface area contributed by atoms with Gasteiger partial charge in [-0.1, -0.05) is 42.1 Å². The Morgan fingerprint density at radius 3 is 2.71 bits per heavy atom. The summed E-state index contributed by atoms with van der Waals surface area (Å²) < 4.78 is 1.98. The molecular weight excluding hydrogens is 232 g/mol. The van der Waals surface area contributed by atoms with E-state index in [0.29, 0.717) is 0 Å². The maximum atomic E-state index is 11.2. The van der Waals surface area contributed by atoms with Crippen LogP contribution in [0.25, 0.3) is 0 Å². The predicted octanol–water partition coefficient (Wildman–Crippen LogP) is 2.56. The molecule has 1 aromatic heterocycles. The van der Waals surface area contributed by atoms with Crippen LogP contribution in [0.15, 0.2) is 52.5 Å². The van der Waals surface area contributed by atoms with E-state index in [4.69, 9.17) is 0 Å². The smallest absolute Gasteiger partial charge is 0.273 e. The standard InChI is InChI=1S/C13H14N2OS/c1-2-15-9-8-12(16)14-13(15)17-10-11-6-4-3-5-7-11/h3-9H,2,10H2,1H3. The lowest BCUT2D eigenvalue weighted by Crippen LogP contribution is -2.12. The second-order valence-electron chi connectivity index (χ2n) is 3.61. The number of benzene rings is 1. The topological polar surface area (TPSA) is 34.9 Å². The van der Waals surface area contributed by atoms with E-state index >= 15 is 0 Å². The lowest BCUT2D eigenvalue weighted by atomic mass is 10.2. The second kappa shape index (κ2) is 5.68. The highest BCUT2D eigenvalue weighted by Crippen LogP contribution is 2.19. The first-order valence-corrected chi connectivity index (χ1v) is 6.52. The van der Waals surface area contributed by atoms with E-state index in [-0.39, 0.29) is 5.56 Å². The minimum atomic E-state index is -0.176. The van der Waals surface area contributed by atoms with Gasteiger partial charge in [-0.3, -0.25) is 4.79 Å². The number of nitrogens with zero attached hydrogens (tertiary/aromatic N) is 2. The van der Waals surface area contributed by atoms with Crippen molar-refractivity contribution in [2.45, 2.75) is 24.4 Å². The molecular formula is C13H14N2OS. The van der Waals surface area contributed by atoms with Gasteiger partial charge in [-0.05, 0) is 12.5 Å². The highest BCUT2D eigenvalue weighted by molar-refractivity contribution is 7.98. The summed E-state index contributed by atoms with van der Waals surface area (Å²) in [4.78, 5) is 15.3. The highest BCUT2D eigenvalue weighted by Gasteiger charge is 2.02. The van der Waals surface area contributed by atoms with Crippen LogP contribution in [0, 0.1) is 0 Å². The van der Waals surface area contributed by atoms with Crippen molar-refractivity contribution in [2.24, 2.45) is 0 Å². The van der Waals surface area contributed by atoms with Crippen LogP contribution in [0.2, 0.25) is 0 Å². The van der Waals surface area contributed by atoms with Crippen LogP contribution in [0.4, 0.5) is 0 Å². The van der Waals surface area contributed by atoms with Crippen molar-refractivity contribution in [1.29, 1.82) is 0 Å². The van der Waals surface area contributed by atoms with E-state index < -0.39 is 0 Å². The minimum absolute atomic E-state index is 0.176. The number of aromatic nitrogens is 2. The van der Waals surface area contributed by atoms with Crippen LogP contribution in [0.3, 0.4) is 0 Å². The molecule has 2 aromatic rings. The Hall–Kier alpha value is -1.55. The van der Waals surface area contributed by atoms with Gasteiger partial charge in [0.15, 0.2) is 5.16 Å². The zero-order valence-corrected chi connectivity index (χ0v) is 10.5. The summed E-state index contributed by atoms with van der Waals surface area (Å²) in [6.07, 6.45) is 1.79. The van der Waals surface area contributed by atoms with Crippen molar-refractivity contribution >= 4 is 11.8 Å². The SMILES string of the molecule is CCn1ccc(=O)nc1SCc1ccccc1. The summed E-state index contributed by atoms with van der Waals surface area (Å²) in [5.74, 6) is 0.831. The third-order valence-corrected chi connectivity index (χ3v) is 3.46. The van der Waals surface area contributed by atoms with E-state index in [1.807, 2.05) is 29.7 Å². The van der Waals surface area contributed by atoms with Gasteiger partial charge in [0.05, 0.1) is 0 Å². The monoisotopic (exact) mass is 246 g/mol. The summed E-state index contributed by atoms with van der Waals surface area (Å²) >= 11 is 1.59. The molecule has 0 atom stereocenters. The van der Waals surface area contributed by atoms with Gasteiger partial charge in [0, 0.05) is 24.6 Å². The van der Waals surface area contributed by atoms with Crippen LogP contribution in [-0.4, -0.2) is 9.55 Å². The molecule has 1 aromatic carbocycles. The molecule has 0 unspecified atom stereocenters. The van der Waals surface area contributed by atoms with Gasteiger partial charge in [-0.15, -0.1) is 0 Å². The van der Waals surface area contributed by atoms with Crippen molar-refractivity contribution in [1.82, 2.24) is 9.55 Å². The molecule has 0 amide bonds. The zero-order chi connectivity index (χ0) is 12.1. The number of rotatable bonds is 4. The van der Waals surface area contributed by atoms with Gasteiger partial charge in [-0.2, -0.15) is 4.98 Å². The third-order valence-electron chi connectivity index (χ3n) is 2.40. The lowest BCUT2D eigenvalue weighted by molar-refractivity contribution is 0.640. The summed E-state index contributed by atoms with van der Waals surface area (Å²) in [6, 6.07) is 11.7. The van der Waals surface area contributed by atoms with E-state index in [1.165, 1.54) is 11.6 Å². The molecule has 0 spiro atoms. The Balaban J connectivity index is 2.13. The maximum absolute atomic E-state index is 11.2. The minimum Gasteiger partial charge on any atom is -0.328 e. The molecule has 0 saturated carbocycles. The molecule has 0 aliphatic rings. The van der Waals surface area contributed by atoms with Gasteiger partial charge in [-0.25, -0.2) is 0 Å². The van der Waals surface area contributed by atoms with Crippen LogP contribution in [-0.2, 0) is 12.3 Å². The molecule has 4 heteroatoms. The van der Waals surface area contributed by atoms with Gasteiger partial charge in [0.25, 0.3) is 5.56 Å². The molecule has 2 rings (SSSR count). The Kier molecular flexibility index (Phi) is 3.98. The first kappa shape index (κ1) is 11.9. The molecule has 0 aliphatic carbocycles. The quantitative estimate of drug-likeness (QED) is 0.614. The average Bonchev–Trinajstić information content (AvgIpc) is 2.38. The van der Waals surface area contributed by atoms with E-state index in [0.717, 1.165) is 17.5 Å². The van der Waals surface area contributed by atoms with Crippen molar-refractivity contribution < 1.29 is 0 Å². The fraction of sp³-hybridized carbons (Fsp3) is 0.231. The molecule has 88 valence electrons. The first-order chi connectivity index (χ1) is 8.29. The van der Waals surface area contributed by atoms with Gasteiger partial charge in [0.1, 0.15) is 0 Å². The Bertz CT molecular complexity index is 537. The van der Waals surface area contributed by atoms with Gasteiger partial charge in [0.2, 0.25) is 0 Å². The van der Waals surface area contributed by atoms with Crippen LogP contribution in [0.5, 0.6) is 0 Å². The third kappa shape index (κ3) is 3.20. The molecule has 0 N–H and O–H groups in total. The largest absolute Gasteiger partial charge is 0.328 e. The fourth-order valence-electron chi connectivity index (χ4n) is 1.49. The van der Waals surface area contributed by atoms with Crippen molar-refractivity contribution in [2.75, 3.05) is 0 Å². The van der Waals surface area contributed by atoms with E-state index in [2.05, 4.69) is 17.1 Å². The molecule has 17 heavy (non-hydrogen) atoms. The molecule has 3 nitrogen and oxygen atoms in total. The van der Waals surface area contributed by atoms with Gasteiger partial charge < -0.3 is 4.57 Å². The van der Waals surface area contributed by atoms with E-state index in [9.17, 15) is 4.79 Å². The van der Waals surface area contributed by atoms with Crippen molar-refractivity contribution in [3.05, 3.63) is 58.5 Å². The lowest BCUT2D eigenvalue weighted by Gasteiger charge is -2.08. The predicted molar refractivity (Wildman–Crippen MR) is 70.2 cm³/mol. The number of hydrogen-bond acceptors (Lipinski definition) is 3. The van der Waals surface area contributed by atoms with Gasteiger partial charge >= 0.3 is 0 Å². The first-order valence-electron chi connectivity index (χ1n) is 5.54. The number of hydrogen-bond donors (Lipinski definition) is 0. The molecule has 0 radical (unpaired) electrons. The Morgan fingerprint density at radius 2 is 2.00 bits per heavy atom. The summed E-state index contributed by atoms with van der Waals surface area (Å²) in [7, 11) is 0. The summed E-state index contributed by atoms with van der Waals surface area (Å²) in [5.41, 5.74) is 1.06. The summed E-state index contributed by atoms with van der Waals surface area (Å²) in [6.45, 7) is 2.86. The van der Waals surface area contributed by atoms with Crippen molar-refractivity contribution in [3.63, 3.8) is 0 Å². The fourth-order valence-corrected chi connectivity index (χ4v) is 2.49. The molecule has 0 fully saturated rings. The normalized spacial score (nSPS) is 10.4. The maximum Gasteiger partial charge on any atom is 0.273 e. The summed E-state index contributed by atoms with van der Waals surface area (Å²) in [5, 5.41) is 0.781. The molecule has 0 aliphatic heterocycles. The second-order valence-corrected chi connectivity index (χ2v) is 4.55. The van der Waals surface area contributed by atoms with Crippen LogP contribution in [0.1, 0.15) is 12.5 Å². The Labute approximate surface area is 105 Å². The number of aryl methyl sites for hydroxylation is 1. The molecule has 1 heterocycles. The van der Waals surface area contributed by atoms with Crippen LogP contribution >= 0.6 is 11.8 Å². The van der Waals surface area contributed by atoms with Crippen LogP contribution < -0.4 is 5.56 Å². The average molecular weight is 246 g/mol. The Morgan fingerprint density at radius 1 is 1.24 bits per heavy atom. The zero-order valence-electron chi connectivity index (χ0n) is 9.67. The van der Waals surface area contributed by atoms with E-state index in [1.54, 1.807) is 18.0 Å².